The Morgan fingerprint density at radius 1 is 1.53 bits per heavy atom. The van der Waals surface area contributed by atoms with Crippen molar-refractivity contribution in [2.24, 2.45) is 5.92 Å². The Morgan fingerprint density at radius 3 is 2.89 bits per heavy atom. The van der Waals surface area contributed by atoms with Crippen LogP contribution in [-0.2, 0) is 11.3 Å². The number of carboxylic acid groups (broad SMARTS) is 1. The molecule has 0 spiro atoms. The maximum Gasteiger partial charge on any atom is 0.308 e. The van der Waals surface area contributed by atoms with Crippen LogP contribution in [0.25, 0.3) is 11.4 Å². The van der Waals surface area contributed by atoms with Gasteiger partial charge in [0.15, 0.2) is 5.82 Å². The topological polar surface area (TPSA) is 80.9 Å². The SMILES string of the molecule is Cc1ccc(-c2nnnn2CC(C)C(=O)O)c(Cl)c1. The van der Waals surface area contributed by atoms with Gasteiger partial charge in [0.05, 0.1) is 17.5 Å². The van der Waals surface area contributed by atoms with Crippen molar-refractivity contribution in [2.45, 2.75) is 20.4 Å². The van der Waals surface area contributed by atoms with E-state index in [9.17, 15) is 4.79 Å². The van der Waals surface area contributed by atoms with Crippen LogP contribution < -0.4 is 0 Å². The second-order valence-electron chi connectivity index (χ2n) is 4.41. The molecule has 0 fully saturated rings. The van der Waals surface area contributed by atoms with E-state index < -0.39 is 11.9 Å². The van der Waals surface area contributed by atoms with E-state index in [1.807, 2.05) is 25.1 Å². The smallest absolute Gasteiger partial charge is 0.308 e. The van der Waals surface area contributed by atoms with Gasteiger partial charge in [0.1, 0.15) is 0 Å². The van der Waals surface area contributed by atoms with Crippen LogP contribution in [0.3, 0.4) is 0 Å². The highest BCUT2D eigenvalue weighted by Crippen LogP contribution is 2.26. The third kappa shape index (κ3) is 2.90. The zero-order chi connectivity index (χ0) is 14.0. The van der Waals surface area contributed by atoms with Crippen molar-refractivity contribution in [2.75, 3.05) is 0 Å². The van der Waals surface area contributed by atoms with E-state index in [2.05, 4.69) is 15.5 Å². The standard InChI is InChI=1S/C12H13ClN4O2/c1-7-3-4-9(10(13)5-7)11-14-15-16-17(11)6-8(2)12(18)19/h3-5,8H,6H2,1-2H3,(H,18,19). The average molecular weight is 281 g/mol. The Balaban J connectivity index is 2.36. The van der Waals surface area contributed by atoms with Crippen LogP contribution in [0.2, 0.25) is 5.02 Å². The van der Waals surface area contributed by atoms with Gasteiger partial charge in [-0.25, -0.2) is 4.68 Å². The third-order valence-corrected chi connectivity index (χ3v) is 3.08. The van der Waals surface area contributed by atoms with Crippen LogP contribution in [-0.4, -0.2) is 31.3 Å². The highest BCUT2D eigenvalue weighted by atomic mass is 35.5. The van der Waals surface area contributed by atoms with Crippen LogP contribution in [0.5, 0.6) is 0 Å². The van der Waals surface area contributed by atoms with E-state index in [-0.39, 0.29) is 6.54 Å². The van der Waals surface area contributed by atoms with Crippen LogP contribution in [0.15, 0.2) is 18.2 Å². The summed E-state index contributed by atoms with van der Waals surface area (Å²) >= 11 is 6.17. The van der Waals surface area contributed by atoms with Crippen molar-refractivity contribution in [1.29, 1.82) is 0 Å². The Kier molecular flexibility index (Phi) is 3.80. The highest BCUT2D eigenvalue weighted by molar-refractivity contribution is 6.33. The molecular weight excluding hydrogens is 268 g/mol. The summed E-state index contributed by atoms with van der Waals surface area (Å²) < 4.78 is 1.45. The number of aryl methyl sites for hydroxylation is 1. The van der Waals surface area contributed by atoms with Crippen molar-refractivity contribution in [1.82, 2.24) is 20.2 Å². The lowest BCUT2D eigenvalue weighted by Crippen LogP contribution is -2.18. The van der Waals surface area contributed by atoms with Crippen LogP contribution >= 0.6 is 11.6 Å². The lowest BCUT2D eigenvalue weighted by Gasteiger charge is -2.09. The first-order chi connectivity index (χ1) is 8.99. The maximum absolute atomic E-state index is 10.9. The minimum Gasteiger partial charge on any atom is -0.481 e. The fourth-order valence-electron chi connectivity index (χ4n) is 1.66. The molecule has 0 aliphatic rings. The van der Waals surface area contributed by atoms with Crippen molar-refractivity contribution in [3.05, 3.63) is 28.8 Å². The molecular formula is C12H13ClN4O2. The van der Waals surface area contributed by atoms with Crippen LogP contribution in [0.1, 0.15) is 12.5 Å². The molecule has 2 rings (SSSR count). The fraction of sp³-hybridized carbons (Fsp3) is 0.333. The first-order valence-corrected chi connectivity index (χ1v) is 6.12. The first-order valence-electron chi connectivity index (χ1n) is 5.74. The number of rotatable bonds is 4. The summed E-state index contributed by atoms with van der Waals surface area (Å²) in [5.74, 6) is -0.999. The molecule has 1 atom stereocenters. The summed E-state index contributed by atoms with van der Waals surface area (Å²) in [6.07, 6.45) is 0. The lowest BCUT2D eigenvalue weighted by molar-refractivity contribution is -0.141. The Hall–Kier alpha value is -1.95. The minimum atomic E-state index is -0.892. The average Bonchev–Trinajstić information content (AvgIpc) is 2.77. The van der Waals surface area contributed by atoms with Crippen molar-refractivity contribution >= 4 is 17.6 Å². The van der Waals surface area contributed by atoms with Gasteiger partial charge < -0.3 is 5.11 Å². The van der Waals surface area contributed by atoms with Crippen LogP contribution in [0.4, 0.5) is 0 Å². The van der Waals surface area contributed by atoms with Gasteiger partial charge in [-0.2, -0.15) is 0 Å². The summed E-state index contributed by atoms with van der Waals surface area (Å²) in [5.41, 5.74) is 1.72. The van der Waals surface area contributed by atoms with E-state index in [1.54, 1.807) is 6.92 Å². The fourth-order valence-corrected chi connectivity index (χ4v) is 1.98. The first kappa shape index (κ1) is 13.5. The molecule has 0 aliphatic heterocycles. The van der Waals surface area contributed by atoms with Crippen molar-refractivity contribution < 1.29 is 9.90 Å². The molecule has 2 aromatic rings. The van der Waals surface area contributed by atoms with Gasteiger partial charge in [0, 0.05) is 5.56 Å². The zero-order valence-electron chi connectivity index (χ0n) is 10.5. The number of halogens is 1. The summed E-state index contributed by atoms with van der Waals surface area (Å²) in [7, 11) is 0. The highest BCUT2D eigenvalue weighted by Gasteiger charge is 2.17. The second kappa shape index (κ2) is 5.36. The molecule has 1 N–H and O–H groups in total. The number of benzene rings is 1. The Bertz CT molecular complexity index is 612. The predicted molar refractivity (Wildman–Crippen MR) is 69.8 cm³/mol. The molecule has 0 amide bonds. The van der Waals surface area contributed by atoms with Gasteiger partial charge in [0.2, 0.25) is 0 Å². The van der Waals surface area contributed by atoms with E-state index in [0.717, 1.165) is 5.56 Å². The molecule has 0 radical (unpaired) electrons. The number of aromatic nitrogens is 4. The molecule has 0 saturated carbocycles. The molecule has 1 heterocycles. The Morgan fingerprint density at radius 2 is 2.26 bits per heavy atom. The molecule has 100 valence electrons. The molecule has 7 heteroatoms. The molecule has 0 bridgehead atoms. The van der Waals surface area contributed by atoms with E-state index in [4.69, 9.17) is 16.7 Å². The molecule has 19 heavy (non-hydrogen) atoms. The number of carboxylic acids is 1. The normalized spacial score (nSPS) is 12.4. The molecule has 1 aromatic carbocycles. The quantitative estimate of drug-likeness (QED) is 0.927. The molecule has 1 aromatic heterocycles. The number of hydrogen-bond acceptors (Lipinski definition) is 4. The van der Waals surface area contributed by atoms with Gasteiger partial charge in [-0.3, -0.25) is 4.79 Å². The second-order valence-corrected chi connectivity index (χ2v) is 4.81. The van der Waals surface area contributed by atoms with Crippen molar-refractivity contribution in [3.8, 4) is 11.4 Å². The molecule has 0 aliphatic carbocycles. The summed E-state index contributed by atoms with van der Waals surface area (Å²) in [6, 6.07) is 5.54. The van der Waals surface area contributed by atoms with Crippen LogP contribution in [0, 0.1) is 12.8 Å². The number of hydrogen-bond donors (Lipinski definition) is 1. The molecule has 1 unspecified atom stereocenters. The largest absolute Gasteiger partial charge is 0.481 e. The van der Waals surface area contributed by atoms with Crippen molar-refractivity contribution in [3.63, 3.8) is 0 Å². The zero-order valence-corrected chi connectivity index (χ0v) is 11.3. The number of aliphatic carboxylic acids is 1. The molecule has 0 saturated heterocycles. The monoisotopic (exact) mass is 280 g/mol. The van der Waals surface area contributed by atoms with E-state index in [0.29, 0.717) is 16.4 Å². The number of carbonyl (C=O) groups is 1. The molecule has 6 nitrogen and oxygen atoms in total. The van der Waals surface area contributed by atoms with Gasteiger partial charge in [-0.15, -0.1) is 5.10 Å². The lowest BCUT2D eigenvalue weighted by atomic mass is 10.1. The maximum atomic E-state index is 10.9. The van der Waals surface area contributed by atoms with Gasteiger partial charge in [0.25, 0.3) is 0 Å². The Labute approximate surface area is 115 Å². The van der Waals surface area contributed by atoms with Gasteiger partial charge in [-0.05, 0) is 35.0 Å². The van der Waals surface area contributed by atoms with E-state index in [1.165, 1.54) is 4.68 Å². The third-order valence-electron chi connectivity index (χ3n) is 2.77. The predicted octanol–water partition coefficient (Wildman–Crippen LogP) is 2.02. The summed E-state index contributed by atoms with van der Waals surface area (Å²) in [6.45, 7) is 3.73. The van der Waals surface area contributed by atoms with Gasteiger partial charge in [-0.1, -0.05) is 24.6 Å². The summed E-state index contributed by atoms with van der Waals surface area (Å²) in [4.78, 5) is 10.9. The minimum absolute atomic E-state index is 0.196. The van der Waals surface area contributed by atoms with E-state index >= 15 is 0 Å². The number of tetrazole rings is 1. The number of nitrogens with zero attached hydrogens (tertiary/aromatic N) is 4. The van der Waals surface area contributed by atoms with Gasteiger partial charge >= 0.3 is 5.97 Å². The summed E-state index contributed by atoms with van der Waals surface area (Å²) in [5, 5.41) is 20.8.